The highest BCUT2D eigenvalue weighted by molar-refractivity contribution is 6.09. The van der Waals surface area contributed by atoms with Gasteiger partial charge in [0.05, 0.1) is 18.9 Å². The van der Waals surface area contributed by atoms with Crippen molar-refractivity contribution in [2.45, 2.75) is 58.3 Å². The van der Waals surface area contributed by atoms with Gasteiger partial charge in [-0.05, 0) is 26.2 Å². The van der Waals surface area contributed by atoms with Crippen LogP contribution in [0.5, 0.6) is 0 Å². The summed E-state index contributed by atoms with van der Waals surface area (Å²) in [6.07, 6.45) is 5.16. The summed E-state index contributed by atoms with van der Waals surface area (Å²) in [4.78, 5) is 87.1. The number of rotatable bonds is 19. The van der Waals surface area contributed by atoms with Gasteiger partial charge in [-0.3, -0.25) is 19.2 Å². The van der Waals surface area contributed by atoms with Crippen molar-refractivity contribution in [1.29, 1.82) is 0 Å². The standard InChI is InChI=1S/C30H40O12/c1-6-23(32)39-17-29(18-40-24(33)7-2,19-41-25(34)8-3)20-42-26(35)14-15-30(21(4)31,16-27(36)38-5)28(37)22-12-10-9-11-13-22/h6-8,22H,1-3,9-20H2,4-5H3. The minimum absolute atomic E-state index is 0.305. The van der Waals surface area contributed by atoms with Crippen LogP contribution in [0.2, 0.25) is 0 Å². The van der Waals surface area contributed by atoms with E-state index in [4.69, 9.17) is 23.7 Å². The normalized spacial score (nSPS) is 14.7. The van der Waals surface area contributed by atoms with Crippen molar-refractivity contribution in [1.82, 2.24) is 0 Å². The van der Waals surface area contributed by atoms with Crippen molar-refractivity contribution in [2.75, 3.05) is 33.5 Å². The molecule has 1 unspecified atom stereocenters. The number of carbonyl (C=O) groups is 7. The Morgan fingerprint density at radius 2 is 1.17 bits per heavy atom. The average Bonchev–Trinajstić information content (AvgIpc) is 3.01. The fourth-order valence-electron chi connectivity index (χ4n) is 4.57. The van der Waals surface area contributed by atoms with Crippen LogP contribution >= 0.6 is 0 Å². The van der Waals surface area contributed by atoms with Crippen LogP contribution in [0, 0.1) is 16.7 Å². The third kappa shape index (κ3) is 11.1. The van der Waals surface area contributed by atoms with Crippen LogP contribution in [0.3, 0.4) is 0 Å². The van der Waals surface area contributed by atoms with Crippen molar-refractivity contribution in [3.8, 4) is 0 Å². The number of methoxy groups -OCH3 is 1. The summed E-state index contributed by atoms with van der Waals surface area (Å²) in [5.74, 6) is -5.54. The van der Waals surface area contributed by atoms with E-state index in [0.29, 0.717) is 12.8 Å². The first kappa shape index (κ1) is 35.9. The van der Waals surface area contributed by atoms with Gasteiger partial charge in [0.25, 0.3) is 0 Å². The van der Waals surface area contributed by atoms with Crippen LogP contribution in [0.4, 0.5) is 0 Å². The van der Waals surface area contributed by atoms with Crippen LogP contribution < -0.4 is 0 Å². The number of Topliss-reactive ketones (excluding diaryl/α,β-unsaturated/α-hetero) is 2. The van der Waals surface area contributed by atoms with E-state index >= 15 is 0 Å². The summed E-state index contributed by atoms with van der Waals surface area (Å²) in [6, 6.07) is 0. The van der Waals surface area contributed by atoms with Gasteiger partial charge in [0, 0.05) is 30.6 Å². The molecule has 42 heavy (non-hydrogen) atoms. The largest absolute Gasteiger partial charge is 0.469 e. The molecule has 0 aliphatic heterocycles. The molecule has 0 radical (unpaired) electrons. The second-order valence-electron chi connectivity index (χ2n) is 10.2. The summed E-state index contributed by atoms with van der Waals surface area (Å²) in [7, 11) is 1.14. The zero-order chi connectivity index (χ0) is 31.8. The van der Waals surface area contributed by atoms with Crippen LogP contribution in [-0.2, 0) is 57.2 Å². The molecule has 232 valence electrons. The lowest BCUT2D eigenvalue weighted by atomic mass is 9.67. The minimum atomic E-state index is -1.77. The zero-order valence-electron chi connectivity index (χ0n) is 24.3. The predicted molar refractivity (Wildman–Crippen MR) is 147 cm³/mol. The van der Waals surface area contributed by atoms with Gasteiger partial charge in [-0.2, -0.15) is 0 Å². The maximum atomic E-state index is 13.6. The number of carbonyl (C=O) groups excluding carboxylic acids is 7. The lowest BCUT2D eigenvalue weighted by Crippen LogP contribution is -2.45. The van der Waals surface area contributed by atoms with Gasteiger partial charge in [-0.25, -0.2) is 14.4 Å². The maximum absolute atomic E-state index is 13.6. The van der Waals surface area contributed by atoms with Crippen molar-refractivity contribution < 1.29 is 57.2 Å². The molecule has 0 N–H and O–H groups in total. The molecule has 12 nitrogen and oxygen atoms in total. The lowest BCUT2D eigenvalue weighted by molar-refractivity contribution is -0.166. The number of esters is 5. The number of hydrogen-bond donors (Lipinski definition) is 0. The predicted octanol–water partition coefficient (Wildman–Crippen LogP) is 2.77. The molecule has 0 amide bonds. The Labute approximate surface area is 245 Å². The first-order valence-electron chi connectivity index (χ1n) is 13.5. The molecule has 0 bridgehead atoms. The van der Waals surface area contributed by atoms with Crippen molar-refractivity contribution >= 4 is 41.4 Å². The molecular formula is C30H40O12. The summed E-state index contributed by atoms with van der Waals surface area (Å²) in [5, 5.41) is 0. The molecule has 0 spiro atoms. The molecule has 0 aromatic rings. The quantitative estimate of drug-likeness (QED) is 0.0933. The second kappa shape index (κ2) is 17.7. The van der Waals surface area contributed by atoms with Gasteiger partial charge in [0.15, 0.2) is 0 Å². The Balaban J connectivity index is 3.20. The highest BCUT2D eigenvalue weighted by atomic mass is 16.6. The molecular weight excluding hydrogens is 552 g/mol. The Morgan fingerprint density at radius 3 is 1.57 bits per heavy atom. The van der Waals surface area contributed by atoms with Gasteiger partial charge < -0.3 is 23.7 Å². The monoisotopic (exact) mass is 592 g/mol. The van der Waals surface area contributed by atoms with Gasteiger partial charge in [-0.15, -0.1) is 0 Å². The minimum Gasteiger partial charge on any atom is -0.469 e. The van der Waals surface area contributed by atoms with Crippen LogP contribution in [0.25, 0.3) is 0 Å². The smallest absolute Gasteiger partial charge is 0.330 e. The summed E-state index contributed by atoms with van der Waals surface area (Å²) >= 11 is 0. The SMILES string of the molecule is C=CC(=O)OCC(COC(=O)C=C)(COC(=O)C=C)COC(=O)CCC(CC(=O)OC)(C(C)=O)C(=O)C1CCCCC1. The van der Waals surface area contributed by atoms with E-state index in [2.05, 4.69) is 19.7 Å². The number of hydrogen-bond acceptors (Lipinski definition) is 12. The van der Waals surface area contributed by atoms with Gasteiger partial charge in [-0.1, -0.05) is 39.0 Å². The lowest BCUT2D eigenvalue weighted by Gasteiger charge is -2.34. The van der Waals surface area contributed by atoms with Gasteiger partial charge in [0.2, 0.25) is 0 Å². The fourth-order valence-corrected chi connectivity index (χ4v) is 4.57. The van der Waals surface area contributed by atoms with Crippen molar-refractivity contribution in [2.24, 2.45) is 16.7 Å². The Kier molecular flexibility index (Phi) is 15.1. The third-order valence-corrected chi connectivity index (χ3v) is 7.15. The highest BCUT2D eigenvalue weighted by Gasteiger charge is 2.48. The molecule has 1 rings (SSSR count). The zero-order valence-corrected chi connectivity index (χ0v) is 24.3. The average molecular weight is 593 g/mol. The molecule has 1 fully saturated rings. The molecule has 0 heterocycles. The van der Waals surface area contributed by atoms with E-state index in [9.17, 15) is 33.6 Å². The fraction of sp³-hybridized carbons (Fsp3) is 0.567. The first-order chi connectivity index (χ1) is 19.9. The van der Waals surface area contributed by atoms with Crippen molar-refractivity contribution in [3.63, 3.8) is 0 Å². The van der Waals surface area contributed by atoms with Crippen LogP contribution in [0.1, 0.15) is 58.3 Å². The molecule has 1 aliphatic carbocycles. The maximum Gasteiger partial charge on any atom is 0.330 e. The molecule has 1 aliphatic rings. The van der Waals surface area contributed by atoms with Crippen LogP contribution in [0.15, 0.2) is 38.0 Å². The summed E-state index contributed by atoms with van der Waals surface area (Å²) in [6.45, 7) is 9.00. The number of ether oxygens (including phenoxy) is 5. The highest BCUT2D eigenvalue weighted by Crippen LogP contribution is 2.39. The van der Waals surface area contributed by atoms with E-state index in [1.807, 2.05) is 0 Å². The molecule has 0 saturated heterocycles. The number of ketones is 2. The molecule has 1 atom stereocenters. The van der Waals surface area contributed by atoms with E-state index in [0.717, 1.165) is 44.6 Å². The van der Waals surface area contributed by atoms with E-state index in [-0.39, 0.29) is 6.42 Å². The van der Waals surface area contributed by atoms with Gasteiger partial charge in [0.1, 0.15) is 43.4 Å². The Hall–Kier alpha value is -4.09. The van der Waals surface area contributed by atoms with E-state index in [1.165, 1.54) is 6.92 Å². The molecule has 12 heteroatoms. The molecule has 1 saturated carbocycles. The van der Waals surface area contributed by atoms with Gasteiger partial charge >= 0.3 is 29.8 Å². The van der Waals surface area contributed by atoms with E-state index < -0.39 is 97.4 Å². The Bertz CT molecular complexity index is 993. The summed E-state index contributed by atoms with van der Waals surface area (Å²) in [5.41, 5.74) is -3.32. The summed E-state index contributed by atoms with van der Waals surface area (Å²) < 4.78 is 25.5. The molecule has 0 aromatic heterocycles. The van der Waals surface area contributed by atoms with Crippen LogP contribution in [-0.4, -0.2) is 75.0 Å². The second-order valence-corrected chi connectivity index (χ2v) is 10.2. The van der Waals surface area contributed by atoms with Crippen molar-refractivity contribution in [3.05, 3.63) is 38.0 Å². The molecule has 0 aromatic carbocycles. The topological polar surface area (TPSA) is 166 Å². The Morgan fingerprint density at radius 1 is 0.714 bits per heavy atom. The first-order valence-corrected chi connectivity index (χ1v) is 13.5. The third-order valence-electron chi connectivity index (χ3n) is 7.15. The van der Waals surface area contributed by atoms with E-state index in [1.54, 1.807) is 0 Å².